The van der Waals surface area contributed by atoms with E-state index in [9.17, 15) is 13.2 Å². The molecule has 2 aromatic rings. The molecule has 1 aromatic carbocycles. The Hall–Kier alpha value is -2.48. The molecule has 170 valence electrons. The highest BCUT2D eigenvalue weighted by Gasteiger charge is 2.41. The number of aliphatic imine (C=N–C) groups is 1. The summed E-state index contributed by atoms with van der Waals surface area (Å²) in [7, 11) is 3.73. The van der Waals surface area contributed by atoms with Crippen molar-refractivity contribution in [2.45, 2.75) is 57.5 Å². The molecule has 1 aliphatic carbocycles. The molecular formula is C23H31F3N4O. The van der Waals surface area contributed by atoms with E-state index in [1.165, 1.54) is 5.56 Å². The molecule has 0 atom stereocenters. The number of hydrogen-bond acceptors (Lipinski definition) is 3. The lowest BCUT2D eigenvalue weighted by molar-refractivity contribution is -0.182. The molecule has 1 fully saturated rings. The van der Waals surface area contributed by atoms with Crippen LogP contribution in [-0.2, 0) is 19.6 Å². The Balaban J connectivity index is 1.50. The number of nitrogens with zero attached hydrogens (tertiary/aromatic N) is 2. The highest BCUT2D eigenvalue weighted by atomic mass is 19.4. The minimum absolute atomic E-state index is 0.0134. The van der Waals surface area contributed by atoms with Crippen LogP contribution in [0.15, 0.2) is 52.1 Å². The van der Waals surface area contributed by atoms with Crippen LogP contribution < -0.4 is 10.6 Å². The van der Waals surface area contributed by atoms with Crippen molar-refractivity contribution in [2.75, 3.05) is 14.1 Å². The van der Waals surface area contributed by atoms with Gasteiger partial charge in [-0.25, -0.2) is 0 Å². The second-order valence-electron chi connectivity index (χ2n) is 8.18. The third-order valence-corrected chi connectivity index (χ3v) is 5.77. The van der Waals surface area contributed by atoms with E-state index in [2.05, 4.69) is 32.7 Å². The molecule has 3 rings (SSSR count). The van der Waals surface area contributed by atoms with E-state index in [0.29, 0.717) is 25.3 Å². The summed E-state index contributed by atoms with van der Waals surface area (Å²) in [5, 5.41) is 6.60. The lowest BCUT2D eigenvalue weighted by Gasteiger charge is -2.31. The van der Waals surface area contributed by atoms with Gasteiger partial charge >= 0.3 is 6.18 Å². The molecule has 1 aromatic heterocycles. The van der Waals surface area contributed by atoms with Crippen LogP contribution in [0.3, 0.4) is 0 Å². The van der Waals surface area contributed by atoms with Crippen LogP contribution in [0.25, 0.3) is 0 Å². The largest absolute Gasteiger partial charge is 0.468 e. The molecular weight excluding hydrogens is 405 g/mol. The van der Waals surface area contributed by atoms with E-state index in [1.54, 1.807) is 13.3 Å². The Kier molecular flexibility index (Phi) is 8.01. The predicted molar refractivity (Wildman–Crippen MR) is 115 cm³/mol. The molecule has 0 amide bonds. The summed E-state index contributed by atoms with van der Waals surface area (Å²) in [4.78, 5) is 6.44. The van der Waals surface area contributed by atoms with Gasteiger partial charge in [0, 0.05) is 26.2 Å². The van der Waals surface area contributed by atoms with Crippen molar-refractivity contribution in [3.8, 4) is 0 Å². The fourth-order valence-electron chi connectivity index (χ4n) is 4.03. The van der Waals surface area contributed by atoms with Crippen LogP contribution in [0.2, 0.25) is 0 Å². The van der Waals surface area contributed by atoms with Crippen LogP contribution in [0.1, 0.15) is 42.6 Å². The number of alkyl halides is 3. The van der Waals surface area contributed by atoms with Crippen LogP contribution in [0.5, 0.6) is 0 Å². The van der Waals surface area contributed by atoms with Gasteiger partial charge in [-0.2, -0.15) is 13.2 Å². The van der Waals surface area contributed by atoms with E-state index < -0.39 is 12.1 Å². The fourth-order valence-corrected chi connectivity index (χ4v) is 4.03. The van der Waals surface area contributed by atoms with Gasteiger partial charge in [0.2, 0.25) is 0 Å². The second-order valence-corrected chi connectivity index (χ2v) is 8.18. The number of halogens is 3. The van der Waals surface area contributed by atoms with Gasteiger partial charge in [-0.15, -0.1) is 0 Å². The quantitative estimate of drug-likeness (QED) is 0.488. The van der Waals surface area contributed by atoms with Gasteiger partial charge < -0.3 is 15.1 Å². The van der Waals surface area contributed by atoms with Crippen LogP contribution in [0.4, 0.5) is 13.2 Å². The summed E-state index contributed by atoms with van der Waals surface area (Å²) >= 11 is 0. The van der Waals surface area contributed by atoms with E-state index in [1.807, 2.05) is 31.3 Å². The van der Waals surface area contributed by atoms with Crippen LogP contribution in [-0.4, -0.2) is 37.2 Å². The summed E-state index contributed by atoms with van der Waals surface area (Å²) < 4.78 is 44.0. The Labute approximate surface area is 181 Å². The third kappa shape index (κ3) is 7.02. The molecule has 0 aliphatic heterocycles. The SMILES string of the molecule is CN=C(NCc1ccccc1CN(C)Cc1ccco1)NC1CCC(C(F)(F)F)CC1. The van der Waals surface area contributed by atoms with Gasteiger partial charge in [-0.3, -0.25) is 9.89 Å². The van der Waals surface area contributed by atoms with Gasteiger partial charge in [-0.1, -0.05) is 24.3 Å². The smallest absolute Gasteiger partial charge is 0.391 e. The molecule has 0 saturated heterocycles. The lowest BCUT2D eigenvalue weighted by Crippen LogP contribution is -2.45. The van der Waals surface area contributed by atoms with Crippen molar-refractivity contribution in [3.63, 3.8) is 0 Å². The van der Waals surface area contributed by atoms with Gasteiger partial charge in [0.05, 0.1) is 18.7 Å². The average molecular weight is 437 g/mol. The van der Waals surface area contributed by atoms with E-state index in [0.717, 1.165) is 24.4 Å². The van der Waals surface area contributed by atoms with E-state index in [4.69, 9.17) is 4.42 Å². The van der Waals surface area contributed by atoms with Crippen molar-refractivity contribution in [1.29, 1.82) is 0 Å². The fraction of sp³-hybridized carbons (Fsp3) is 0.522. The lowest BCUT2D eigenvalue weighted by atomic mass is 9.85. The van der Waals surface area contributed by atoms with Crippen molar-refractivity contribution < 1.29 is 17.6 Å². The predicted octanol–water partition coefficient (Wildman–Crippen LogP) is 4.70. The summed E-state index contributed by atoms with van der Waals surface area (Å²) in [5.74, 6) is 0.364. The first-order valence-corrected chi connectivity index (χ1v) is 10.7. The van der Waals surface area contributed by atoms with Gasteiger partial charge in [0.1, 0.15) is 5.76 Å². The topological polar surface area (TPSA) is 52.8 Å². The number of rotatable bonds is 7. The molecule has 0 unspecified atom stereocenters. The van der Waals surface area contributed by atoms with E-state index >= 15 is 0 Å². The van der Waals surface area contributed by atoms with Crippen molar-refractivity contribution >= 4 is 5.96 Å². The summed E-state index contributed by atoms with van der Waals surface area (Å²) in [5.41, 5.74) is 2.35. The number of nitrogens with one attached hydrogen (secondary N) is 2. The summed E-state index contributed by atoms with van der Waals surface area (Å²) in [6.07, 6.45) is -1.07. The Morgan fingerprint density at radius 1 is 1.06 bits per heavy atom. The second kappa shape index (κ2) is 10.7. The summed E-state index contributed by atoms with van der Waals surface area (Å²) in [6, 6.07) is 12.1. The van der Waals surface area contributed by atoms with Crippen molar-refractivity contribution in [3.05, 3.63) is 59.5 Å². The third-order valence-electron chi connectivity index (χ3n) is 5.77. The van der Waals surface area contributed by atoms with Crippen LogP contribution >= 0.6 is 0 Å². The number of furan rings is 1. The minimum atomic E-state index is -4.08. The zero-order valence-electron chi connectivity index (χ0n) is 18.1. The minimum Gasteiger partial charge on any atom is -0.468 e. The van der Waals surface area contributed by atoms with Crippen molar-refractivity contribution in [1.82, 2.24) is 15.5 Å². The standard InChI is InChI=1S/C23H31F3N4O/c1-27-22(29-20-11-9-19(10-12-20)23(24,25)26)28-14-17-6-3-4-7-18(17)15-30(2)16-21-8-5-13-31-21/h3-8,13,19-20H,9-12,14-16H2,1-2H3,(H2,27,28,29). The molecule has 1 aliphatic rings. The number of guanidine groups is 1. The maximum Gasteiger partial charge on any atom is 0.391 e. The monoisotopic (exact) mass is 436 g/mol. The first-order chi connectivity index (χ1) is 14.8. The number of hydrogen-bond donors (Lipinski definition) is 2. The van der Waals surface area contributed by atoms with Crippen molar-refractivity contribution in [2.24, 2.45) is 10.9 Å². The average Bonchev–Trinajstić information content (AvgIpc) is 3.24. The highest BCUT2D eigenvalue weighted by Crippen LogP contribution is 2.37. The van der Waals surface area contributed by atoms with Gasteiger partial charge in [0.15, 0.2) is 5.96 Å². The molecule has 0 spiro atoms. The maximum atomic E-state index is 12.9. The highest BCUT2D eigenvalue weighted by molar-refractivity contribution is 5.80. The Morgan fingerprint density at radius 2 is 1.77 bits per heavy atom. The molecule has 5 nitrogen and oxygen atoms in total. The first-order valence-electron chi connectivity index (χ1n) is 10.7. The first kappa shape index (κ1) is 23.2. The number of benzene rings is 1. The van der Waals surface area contributed by atoms with Crippen LogP contribution in [0, 0.1) is 5.92 Å². The molecule has 2 N–H and O–H groups in total. The molecule has 0 radical (unpaired) electrons. The molecule has 1 heterocycles. The molecule has 0 bridgehead atoms. The Morgan fingerprint density at radius 3 is 2.39 bits per heavy atom. The summed E-state index contributed by atoms with van der Waals surface area (Å²) in [6.45, 7) is 2.08. The van der Waals surface area contributed by atoms with E-state index in [-0.39, 0.29) is 18.9 Å². The Bertz CT molecular complexity index is 828. The maximum absolute atomic E-state index is 12.9. The van der Waals surface area contributed by atoms with Gasteiger partial charge in [0.25, 0.3) is 0 Å². The van der Waals surface area contributed by atoms with Gasteiger partial charge in [-0.05, 0) is 56.0 Å². The zero-order chi connectivity index (χ0) is 22.3. The normalized spacial score (nSPS) is 20.1. The molecule has 8 heteroatoms. The molecule has 1 saturated carbocycles. The zero-order valence-corrected chi connectivity index (χ0v) is 18.1. The molecule has 31 heavy (non-hydrogen) atoms.